The van der Waals surface area contributed by atoms with Gasteiger partial charge in [-0.3, -0.25) is 19.3 Å². The molecule has 2 atom stereocenters. The van der Waals surface area contributed by atoms with E-state index < -0.39 is 12.1 Å². The van der Waals surface area contributed by atoms with Crippen molar-refractivity contribution in [1.82, 2.24) is 20.4 Å². The van der Waals surface area contributed by atoms with Crippen LogP contribution in [0.15, 0.2) is 78.9 Å². The number of carbonyl (C=O) groups excluding carboxylic acids is 3. The van der Waals surface area contributed by atoms with Crippen LogP contribution in [-0.2, 0) is 46.7 Å². The van der Waals surface area contributed by atoms with Crippen LogP contribution in [-0.4, -0.2) is 65.8 Å². The van der Waals surface area contributed by atoms with Crippen LogP contribution in [0, 0.1) is 5.92 Å². The highest BCUT2D eigenvalue weighted by Crippen LogP contribution is 2.28. The Morgan fingerprint density at radius 2 is 1.42 bits per heavy atom. The Morgan fingerprint density at radius 3 is 2.05 bits per heavy atom. The van der Waals surface area contributed by atoms with E-state index in [1.54, 1.807) is 6.92 Å². The van der Waals surface area contributed by atoms with Crippen LogP contribution in [0.5, 0.6) is 0 Å². The standard InChI is InChI=1S/C35H43N5O3/c1-2-32(41)38-31(35(43)40-18-16-39(17-19-40)24-27-8-4-3-5-9-27)20-25-12-14-26(15-13-25)23-37-34(42)33(36)30-21-28-10-6-7-11-29(28)22-30/h3-15,30-31,33H,2,16-24,36H2,1H3,(H,37,42)(H,38,41). The molecule has 0 bridgehead atoms. The van der Waals surface area contributed by atoms with Gasteiger partial charge in [0.15, 0.2) is 0 Å². The zero-order chi connectivity index (χ0) is 30.2. The van der Waals surface area contributed by atoms with Gasteiger partial charge in [0.1, 0.15) is 6.04 Å². The number of hydrogen-bond acceptors (Lipinski definition) is 5. The number of nitrogens with one attached hydrogen (secondary N) is 2. The van der Waals surface area contributed by atoms with Gasteiger partial charge >= 0.3 is 0 Å². The molecule has 43 heavy (non-hydrogen) atoms. The summed E-state index contributed by atoms with van der Waals surface area (Å²) in [6, 6.07) is 25.3. The maximum absolute atomic E-state index is 13.5. The Labute approximate surface area is 254 Å². The van der Waals surface area contributed by atoms with Crippen molar-refractivity contribution in [1.29, 1.82) is 0 Å². The van der Waals surface area contributed by atoms with Gasteiger partial charge in [-0.25, -0.2) is 0 Å². The Hall–Kier alpha value is -4.01. The third kappa shape index (κ3) is 8.09. The second kappa shape index (κ2) is 14.4. The zero-order valence-electron chi connectivity index (χ0n) is 25.0. The Kier molecular flexibility index (Phi) is 10.2. The Bertz CT molecular complexity index is 1360. The first-order valence-corrected chi connectivity index (χ1v) is 15.4. The maximum Gasteiger partial charge on any atom is 0.245 e. The van der Waals surface area contributed by atoms with E-state index in [1.165, 1.54) is 16.7 Å². The van der Waals surface area contributed by atoms with Gasteiger partial charge in [0.25, 0.3) is 0 Å². The summed E-state index contributed by atoms with van der Waals surface area (Å²) in [5, 5.41) is 5.94. The van der Waals surface area contributed by atoms with Crippen molar-refractivity contribution >= 4 is 17.7 Å². The molecule has 1 aliphatic heterocycles. The molecule has 2 unspecified atom stereocenters. The van der Waals surface area contributed by atoms with Crippen molar-refractivity contribution in [2.45, 2.75) is 57.8 Å². The van der Waals surface area contributed by atoms with Crippen molar-refractivity contribution in [3.63, 3.8) is 0 Å². The molecule has 0 spiro atoms. The predicted octanol–water partition coefficient (Wildman–Crippen LogP) is 2.83. The van der Waals surface area contributed by atoms with Crippen molar-refractivity contribution < 1.29 is 14.4 Å². The lowest BCUT2D eigenvalue weighted by Crippen LogP contribution is -2.55. The van der Waals surface area contributed by atoms with Crippen molar-refractivity contribution in [2.24, 2.45) is 11.7 Å². The number of piperazine rings is 1. The first-order chi connectivity index (χ1) is 20.9. The molecule has 1 heterocycles. The summed E-state index contributed by atoms with van der Waals surface area (Å²) in [6.07, 6.45) is 2.39. The lowest BCUT2D eigenvalue weighted by atomic mass is 9.96. The van der Waals surface area contributed by atoms with Gasteiger partial charge in [-0.2, -0.15) is 0 Å². The number of hydrogen-bond donors (Lipinski definition) is 3. The molecule has 3 amide bonds. The molecule has 0 radical (unpaired) electrons. The van der Waals surface area contributed by atoms with E-state index in [4.69, 9.17) is 5.73 Å². The number of benzene rings is 3. The van der Waals surface area contributed by atoms with Gasteiger partial charge in [-0.05, 0) is 46.6 Å². The fourth-order valence-corrected chi connectivity index (χ4v) is 6.08. The molecule has 8 nitrogen and oxygen atoms in total. The number of fused-ring (bicyclic) bond motifs is 1. The first kappa shape index (κ1) is 30.4. The largest absolute Gasteiger partial charge is 0.351 e. The number of rotatable bonds is 11. The summed E-state index contributed by atoms with van der Waals surface area (Å²) in [6.45, 7) is 5.91. The molecule has 3 aromatic carbocycles. The first-order valence-electron chi connectivity index (χ1n) is 15.4. The molecule has 0 saturated carbocycles. The monoisotopic (exact) mass is 581 g/mol. The SMILES string of the molecule is CCC(=O)NC(Cc1ccc(CNC(=O)C(N)C2Cc3ccccc3C2)cc1)C(=O)N1CCN(Cc2ccccc2)CC1. The lowest BCUT2D eigenvalue weighted by Gasteiger charge is -2.36. The highest BCUT2D eigenvalue weighted by atomic mass is 16.2. The van der Waals surface area contributed by atoms with Crippen LogP contribution in [0.1, 0.15) is 41.2 Å². The van der Waals surface area contributed by atoms with Crippen LogP contribution in [0.3, 0.4) is 0 Å². The second-order valence-electron chi connectivity index (χ2n) is 11.8. The Balaban J connectivity index is 1.12. The smallest absolute Gasteiger partial charge is 0.245 e. The third-order valence-corrected chi connectivity index (χ3v) is 8.71. The number of amides is 3. The van der Waals surface area contributed by atoms with Crippen molar-refractivity contribution in [2.75, 3.05) is 26.2 Å². The van der Waals surface area contributed by atoms with Gasteiger partial charge in [-0.1, -0.05) is 85.8 Å². The highest BCUT2D eigenvalue weighted by Gasteiger charge is 2.31. The van der Waals surface area contributed by atoms with E-state index in [1.807, 2.05) is 59.5 Å². The van der Waals surface area contributed by atoms with Crippen LogP contribution in [0.4, 0.5) is 0 Å². The minimum absolute atomic E-state index is 0.0412. The number of nitrogens with two attached hydrogens (primary N) is 1. The summed E-state index contributed by atoms with van der Waals surface area (Å²) in [4.78, 5) is 42.9. The summed E-state index contributed by atoms with van der Waals surface area (Å²) in [7, 11) is 0. The molecule has 2 aliphatic rings. The summed E-state index contributed by atoms with van der Waals surface area (Å²) in [5.74, 6) is -0.208. The molecule has 5 rings (SSSR count). The molecule has 3 aromatic rings. The molecule has 226 valence electrons. The number of carbonyl (C=O) groups is 3. The molecule has 4 N–H and O–H groups in total. The molecule has 0 aromatic heterocycles. The van der Waals surface area contributed by atoms with Gasteiger partial charge in [0.05, 0.1) is 6.04 Å². The molecular formula is C35H43N5O3. The van der Waals surface area contributed by atoms with Crippen LogP contribution in [0.25, 0.3) is 0 Å². The predicted molar refractivity (Wildman–Crippen MR) is 168 cm³/mol. The van der Waals surface area contributed by atoms with Crippen molar-refractivity contribution in [3.05, 3.63) is 107 Å². The van der Waals surface area contributed by atoms with E-state index in [2.05, 4.69) is 39.8 Å². The van der Waals surface area contributed by atoms with E-state index in [0.717, 1.165) is 43.6 Å². The van der Waals surface area contributed by atoms with Gasteiger partial charge in [0.2, 0.25) is 17.7 Å². The summed E-state index contributed by atoms with van der Waals surface area (Å²) in [5.41, 5.74) is 12.1. The molecule has 1 aliphatic carbocycles. The zero-order valence-corrected chi connectivity index (χ0v) is 25.0. The van der Waals surface area contributed by atoms with Crippen molar-refractivity contribution in [3.8, 4) is 0 Å². The van der Waals surface area contributed by atoms with E-state index >= 15 is 0 Å². The maximum atomic E-state index is 13.5. The van der Waals surface area contributed by atoms with E-state index in [0.29, 0.717) is 32.5 Å². The van der Waals surface area contributed by atoms with E-state index in [-0.39, 0.29) is 23.6 Å². The molecule has 1 saturated heterocycles. The average Bonchev–Trinajstić information content (AvgIpc) is 3.48. The van der Waals surface area contributed by atoms with Crippen LogP contribution < -0.4 is 16.4 Å². The molecule has 8 heteroatoms. The topological polar surface area (TPSA) is 108 Å². The fourth-order valence-electron chi connectivity index (χ4n) is 6.08. The highest BCUT2D eigenvalue weighted by molar-refractivity contribution is 5.88. The van der Waals surface area contributed by atoms with Crippen LogP contribution in [0.2, 0.25) is 0 Å². The normalized spacial score (nSPS) is 16.7. The lowest BCUT2D eigenvalue weighted by molar-refractivity contribution is -0.138. The average molecular weight is 582 g/mol. The third-order valence-electron chi connectivity index (χ3n) is 8.71. The number of nitrogens with zero attached hydrogens (tertiary/aromatic N) is 2. The fraction of sp³-hybridized carbons (Fsp3) is 0.400. The summed E-state index contributed by atoms with van der Waals surface area (Å²) >= 11 is 0. The Morgan fingerprint density at radius 1 is 0.814 bits per heavy atom. The van der Waals surface area contributed by atoms with Crippen LogP contribution >= 0.6 is 0 Å². The quantitative estimate of drug-likeness (QED) is 0.323. The van der Waals surface area contributed by atoms with E-state index in [9.17, 15) is 14.4 Å². The minimum atomic E-state index is -0.618. The van der Waals surface area contributed by atoms with Gasteiger partial charge in [0, 0.05) is 52.1 Å². The summed E-state index contributed by atoms with van der Waals surface area (Å²) < 4.78 is 0. The molecule has 1 fully saturated rings. The molecular weight excluding hydrogens is 538 g/mol. The second-order valence-corrected chi connectivity index (χ2v) is 11.8. The van der Waals surface area contributed by atoms with Gasteiger partial charge < -0.3 is 21.3 Å². The minimum Gasteiger partial charge on any atom is -0.351 e. The van der Waals surface area contributed by atoms with Gasteiger partial charge in [-0.15, -0.1) is 0 Å².